The number of halogens is 1. The molecular formula is C14H12ClN5OS2. The molecule has 23 heavy (non-hydrogen) atoms. The highest BCUT2D eigenvalue weighted by atomic mass is 35.5. The molecule has 6 nitrogen and oxygen atoms in total. The largest absolute Gasteiger partial charge is 0.497 e. The lowest BCUT2D eigenvalue weighted by molar-refractivity contribution is 0.415. The molecule has 9 heteroatoms. The Labute approximate surface area is 146 Å². The molecule has 0 aliphatic carbocycles. The lowest BCUT2D eigenvalue weighted by Crippen LogP contribution is -2.23. The van der Waals surface area contributed by atoms with Gasteiger partial charge in [0.25, 0.3) is 0 Å². The maximum atomic E-state index is 6.08. The van der Waals surface area contributed by atoms with Gasteiger partial charge in [0.2, 0.25) is 0 Å². The van der Waals surface area contributed by atoms with E-state index in [1.54, 1.807) is 13.3 Å². The summed E-state index contributed by atoms with van der Waals surface area (Å²) in [6.45, 7) is 0. The Morgan fingerprint density at radius 2 is 2.22 bits per heavy atom. The monoisotopic (exact) mass is 365 g/mol. The maximum absolute atomic E-state index is 6.08. The minimum Gasteiger partial charge on any atom is -0.497 e. The van der Waals surface area contributed by atoms with Crippen LogP contribution in [0.5, 0.6) is 5.75 Å². The van der Waals surface area contributed by atoms with Crippen LogP contribution in [0, 0.1) is 0 Å². The number of thiocarbonyl (C=S) groups is 1. The van der Waals surface area contributed by atoms with E-state index in [1.807, 2.05) is 40.2 Å². The number of fused-ring (bicyclic) bond motifs is 1. The molecule has 2 N–H and O–H groups in total. The first kappa shape index (κ1) is 15.7. The summed E-state index contributed by atoms with van der Waals surface area (Å²) >= 11 is 12.8. The van der Waals surface area contributed by atoms with Gasteiger partial charge in [-0.25, -0.2) is 4.98 Å². The van der Waals surface area contributed by atoms with E-state index in [9.17, 15) is 0 Å². The van der Waals surface area contributed by atoms with Crippen LogP contribution in [0.15, 0.2) is 40.9 Å². The fourth-order valence-electron chi connectivity index (χ4n) is 1.88. The van der Waals surface area contributed by atoms with Gasteiger partial charge < -0.3 is 10.1 Å². The van der Waals surface area contributed by atoms with Crippen molar-refractivity contribution in [2.24, 2.45) is 5.10 Å². The molecule has 2 heterocycles. The number of methoxy groups -OCH3 is 1. The van der Waals surface area contributed by atoms with Gasteiger partial charge in [0.15, 0.2) is 15.2 Å². The van der Waals surface area contributed by atoms with Gasteiger partial charge in [-0.1, -0.05) is 11.6 Å². The fourth-order valence-corrected chi connectivity index (χ4v) is 3.04. The summed E-state index contributed by atoms with van der Waals surface area (Å²) in [7, 11) is 1.62. The second-order valence-corrected chi connectivity index (χ2v) is 6.04. The first-order chi connectivity index (χ1) is 11.2. The molecule has 0 saturated heterocycles. The van der Waals surface area contributed by atoms with Crippen molar-refractivity contribution in [1.29, 1.82) is 0 Å². The van der Waals surface area contributed by atoms with E-state index in [-0.39, 0.29) is 0 Å². The molecule has 0 unspecified atom stereocenters. The Balaban J connectivity index is 1.61. The summed E-state index contributed by atoms with van der Waals surface area (Å²) in [5, 5.41) is 9.81. The predicted octanol–water partition coefficient (Wildman–Crippen LogP) is 3.38. The number of hydrogen-bond acceptors (Lipinski definition) is 5. The molecule has 2 aromatic heterocycles. The van der Waals surface area contributed by atoms with Crippen LogP contribution in [0.4, 0.5) is 5.69 Å². The minimum absolute atomic E-state index is 0.369. The van der Waals surface area contributed by atoms with Crippen molar-refractivity contribution in [2.45, 2.75) is 0 Å². The molecule has 0 aliphatic heterocycles. The molecule has 0 fully saturated rings. The van der Waals surface area contributed by atoms with Gasteiger partial charge in [-0.15, -0.1) is 11.3 Å². The zero-order chi connectivity index (χ0) is 16.2. The highest BCUT2D eigenvalue weighted by Gasteiger charge is 2.08. The smallest absolute Gasteiger partial charge is 0.195 e. The summed E-state index contributed by atoms with van der Waals surface area (Å²) < 4.78 is 6.96. The minimum atomic E-state index is 0.369. The molecule has 0 atom stereocenters. The summed E-state index contributed by atoms with van der Waals surface area (Å²) in [5.74, 6) is 0.780. The van der Waals surface area contributed by atoms with E-state index in [1.165, 1.54) is 11.3 Å². The van der Waals surface area contributed by atoms with E-state index in [4.69, 9.17) is 28.6 Å². The number of thiazole rings is 1. The van der Waals surface area contributed by atoms with Gasteiger partial charge in [0.05, 0.1) is 13.3 Å². The number of imidazole rings is 1. The standard InChI is InChI=1S/C14H12ClN5OS2/c1-21-10-4-2-9(3-5-10)17-13(22)19-16-8-11-12(15)18-14-20(11)6-7-23-14/h2-8H,1H3,(H2,17,19,22)/b16-8+. The van der Waals surface area contributed by atoms with Crippen molar-refractivity contribution in [1.82, 2.24) is 14.8 Å². The number of aromatic nitrogens is 2. The zero-order valence-electron chi connectivity index (χ0n) is 12.0. The van der Waals surface area contributed by atoms with Crippen LogP contribution in [-0.4, -0.2) is 27.8 Å². The van der Waals surface area contributed by atoms with E-state index in [0.29, 0.717) is 16.0 Å². The second-order valence-electron chi connectivity index (χ2n) is 4.40. The van der Waals surface area contributed by atoms with Gasteiger partial charge in [-0.05, 0) is 36.5 Å². The predicted molar refractivity (Wildman–Crippen MR) is 98.0 cm³/mol. The van der Waals surface area contributed by atoms with E-state index < -0.39 is 0 Å². The summed E-state index contributed by atoms with van der Waals surface area (Å²) in [4.78, 5) is 5.04. The highest BCUT2D eigenvalue weighted by molar-refractivity contribution is 7.80. The lowest BCUT2D eigenvalue weighted by atomic mass is 10.3. The Morgan fingerprint density at radius 3 is 2.96 bits per heavy atom. The topological polar surface area (TPSA) is 63.0 Å². The third-order valence-corrected chi connectivity index (χ3v) is 4.18. The first-order valence-electron chi connectivity index (χ1n) is 6.52. The van der Waals surface area contributed by atoms with Gasteiger partial charge in [0.1, 0.15) is 11.4 Å². The molecule has 118 valence electrons. The maximum Gasteiger partial charge on any atom is 0.195 e. The molecule has 0 amide bonds. The van der Waals surface area contributed by atoms with Gasteiger partial charge >= 0.3 is 0 Å². The number of hydrogen-bond donors (Lipinski definition) is 2. The molecule has 0 spiro atoms. The number of nitrogens with zero attached hydrogens (tertiary/aromatic N) is 3. The molecule has 0 radical (unpaired) electrons. The number of rotatable bonds is 4. The number of hydrazone groups is 1. The van der Waals surface area contributed by atoms with Crippen LogP contribution >= 0.6 is 35.2 Å². The average molecular weight is 366 g/mol. The Morgan fingerprint density at radius 1 is 1.43 bits per heavy atom. The Kier molecular flexibility index (Phi) is 4.75. The summed E-state index contributed by atoms with van der Waals surface area (Å²) in [6, 6.07) is 7.40. The van der Waals surface area contributed by atoms with Crippen molar-refractivity contribution in [3.8, 4) is 5.75 Å². The van der Waals surface area contributed by atoms with E-state index >= 15 is 0 Å². The second kappa shape index (κ2) is 6.95. The molecular weight excluding hydrogens is 354 g/mol. The lowest BCUT2D eigenvalue weighted by Gasteiger charge is -2.07. The third-order valence-electron chi connectivity index (χ3n) is 2.95. The van der Waals surface area contributed by atoms with E-state index in [2.05, 4.69) is 20.8 Å². The molecule has 3 aromatic rings. The van der Waals surface area contributed by atoms with Crippen molar-refractivity contribution < 1.29 is 4.74 Å². The van der Waals surface area contributed by atoms with Crippen LogP contribution in [0.1, 0.15) is 5.69 Å². The molecule has 0 bridgehead atoms. The van der Waals surface area contributed by atoms with Crippen LogP contribution in [0.2, 0.25) is 5.15 Å². The number of anilines is 1. The first-order valence-corrected chi connectivity index (χ1v) is 8.19. The average Bonchev–Trinajstić information content (AvgIpc) is 3.10. The van der Waals surface area contributed by atoms with Gasteiger partial charge in [0, 0.05) is 17.3 Å². The fraction of sp³-hybridized carbons (Fsp3) is 0.0714. The van der Waals surface area contributed by atoms with Crippen molar-refractivity contribution in [3.63, 3.8) is 0 Å². The van der Waals surface area contributed by atoms with Crippen LogP contribution < -0.4 is 15.5 Å². The zero-order valence-corrected chi connectivity index (χ0v) is 14.4. The third kappa shape index (κ3) is 3.61. The normalized spacial score (nSPS) is 11.0. The number of ether oxygens (including phenoxy) is 1. The molecule has 0 saturated carbocycles. The molecule has 0 aliphatic rings. The van der Waals surface area contributed by atoms with Crippen LogP contribution in [0.3, 0.4) is 0 Å². The summed E-state index contributed by atoms with van der Waals surface area (Å²) in [5.41, 5.74) is 4.28. The SMILES string of the molecule is COc1ccc(NC(=S)N/N=C/c2c(Cl)nc3sccn23)cc1. The highest BCUT2D eigenvalue weighted by Crippen LogP contribution is 2.19. The van der Waals surface area contributed by atoms with Crippen LogP contribution in [-0.2, 0) is 0 Å². The quantitative estimate of drug-likeness (QED) is 0.421. The summed E-state index contributed by atoms with van der Waals surface area (Å²) in [6.07, 6.45) is 3.46. The number of nitrogens with one attached hydrogen (secondary N) is 2. The Bertz CT molecular complexity index is 856. The number of benzene rings is 1. The van der Waals surface area contributed by atoms with Crippen molar-refractivity contribution in [2.75, 3.05) is 12.4 Å². The van der Waals surface area contributed by atoms with Crippen LogP contribution in [0.25, 0.3) is 4.96 Å². The van der Waals surface area contributed by atoms with Crippen molar-refractivity contribution in [3.05, 3.63) is 46.7 Å². The Hall–Kier alpha value is -2.16. The molecule has 1 aromatic carbocycles. The van der Waals surface area contributed by atoms with E-state index in [0.717, 1.165) is 16.4 Å². The van der Waals surface area contributed by atoms with Gasteiger partial charge in [-0.2, -0.15) is 5.10 Å². The van der Waals surface area contributed by atoms with Gasteiger partial charge in [-0.3, -0.25) is 9.83 Å². The van der Waals surface area contributed by atoms with Crippen molar-refractivity contribution >= 4 is 57.1 Å². The molecule has 3 rings (SSSR count).